The van der Waals surface area contributed by atoms with Gasteiger partial charge in [-0.3, -0.25) is 4.90 Å². The Balaban J connectivity index is 2.23. The SMILES string of the molecule is CCCN1CCOC(c2nc(COC)c(Br)c(NC)n2)C1. The molecule has 0 saturated carbocycles. The van der Waals surface area contributed by atoms with Crippen molar-refractivity contribution < 1.29 is 9.47 Å². The molecule has 7 heteroatoms. The van der Waals surface area contributed by atoms with Gasteiger partial charge in [0.05, 0.1) is 23.4 Å². The smallest absolute Gasteiger partial charge is 0.161 e. The lowest BCUT2D eigenvalue weighted by Gasteiger charge is -2.32. The molecule has 1 unspecified atom stereocenters. The zero-order valence-electron chi connectivity index (χ0n) is 12.9. The summed E-state index contributed by atoms with van der Waals surface area (Å²) in [5, 5.41) is 3.09. The Morgan fingerprint density at radius 2 is 2.29 bits per heavy atom. The van der Waals surface area contributed by atoms with E-state index in [2.05, 4.69) is 43.0 Å². The van der Waals surface area contributed by atoms with Crippen LogP contribution >= 0.6 is 15.9 Å². The Hall–Kier alpha value is -0.760. The van der Waals surface area contributed by atoms with Gasteiger partial charge < -0.3 is 14.8 Å². The second-order valence-electron chi connectivity index (χ2n) is 5.03. The van der Waals surface area contributed by atoms with Gasteiger partial charge in [-0.15, -0.1) is 0 Å². The van der Waals surface area contributed by atoms with Gasteiger partial charge in [0.1, 0.15) is 11.9 Å². The average Bonchev–Trinajstić information content (AvgIpc) is 2.50. The van der Waals surface area contributed by atoms with Crippen molar-refractivity contribution in [1.29, 1.82) is 0 Å². The summed E-state index contributed by atoms with van der Waals surface area (Å²) in [6, 6.07) is 0. The summed E-state index contributed by atoms with van der Waals surface area (Å²) in [7, 11) is 3.51. The van der Waals surface area contributed by atoms with Crippen molar-refractivity contribution in [3.63, 3.8) is 0 Å². The van der Waals surface area contributed by atoms with E-state index in [0.29, 0.717) is 6.61 Å². The number of nitrogens with one attached hydrogen (secondary N) is 1. The van der Waals surface area contributed by atoms with E-state index >= 15 is 0 Å². The highest BCUT2D eigenvalue weighted by molar-refractivity contribution is 9.10. The predicted octanol–water partition coefficient (Wildman–Crippen LogP) is 2.21. The van der Waals surface area contributed by atoms with Crippen molar-refractivity contribution in [2.75, 3.05) is 45.7 Å². The van der Waals surface area contributed by atoms with Crippen LogP contribution in [-0.4, -0.2) is 55.3 Å². The molecule has 0 amide bonds. The molecular formula is C14H23BrN4O2. The highest BCUT2D eigenvalue weighted by Crippen LogP contribution is 2.28. The molecule has 118 valence electrons. The van der Waals surface area contributed by atoms with E-state index in [1.165, 1.54) is 0 Å². The number of ether oxygens (including phenoxy) is 2. The first-order valence-corrected chi connectivity index (χ1v) is 8.05. The van der Waals surface area contributed by atoms with Crippen molar-refractivity contribution in [1.82, 2.24) is 14.9 Å². The Morgan fingerprint density at radius 3 is 2.95 bits per heavy atom. The number of halogens is 1. The fraction of sp³-hybridized carbons (Fsp3) is 0.714. The summed E-state index contributed by atoms with van der Waals surface area (Å²) in [5.41, 5.74) is 0.836. The van der Waals surface area contributed by atoms with Crippen molar-refractivity contribution in [2.24, 2.45) is 0 Å². The van der Waals surface area contributed by atoms with E-state index in [1.54, 1.807) is 7.11 Å². The molecule has 0 spiro atoms. The summed E-state index contributed by atoms with van der Waals surface area (Å²) < 4.78 is 11.9. The molecule has 0 bridgehead atoms. The number of nitrogens with zero attached hydrogens (tertiary/aromatic N) is 3. The standard InChI is InChI=1S/C14H23BrN4O2/c1-4-5-19-6-7-21-11(8-19)13-17-10(9-20-3)12(15)14(16-2)18-13/h11H,4-9H2,1-3H3,(H,16,17,18). The Kier molecular flexibility index (Phi) is 6.35. The quantitative estimate of drug-likeness (QED) is 0.841. The zero-order valence-corrected chi connectivity index (χ0v) is 14.4. The number of aromatic nitrogens is 2. The Morgan fingerprint density at radius 1 is 1.48 bits per heavy atom. The van der Waals surface area contributed by atoms with Crippen LogP contribution in [0.5, 0.6) is 0 Å². The molecule has 0 aliphatic carbocycles. The molecule has 1 aromatic rings. The van der Waals surface area contributed by atoms with E-state index in [4.69, 9.17) is 9.47 Å². The van der Waals surface area contributed by atoms with E-state index in [0.717, 1.165) is 54.5 Å². The molecule has 21 heavy (non-hydrogen) atoms. The average molecular weight is 359 g/mol. The van der Waals surface area contributed by atoms with Crippen LogP contribution in [0.25, 0.3) is 0 Å². The first kappa shape index (κ1) is 16.6. The van der Waals surface area contributed by atoms with Crippen LogP contribution in [0.4, 0.5) is 5.82 Å². The molecule has 1 fully saturated rings. The van der Waals surface area contributed by atoms with Gasteiger partial charge in [-0.05, 0) is 28.9 Å². The lowest BCUT2D eigenvalue weighted by Crippen LogP contribution is -2.39. The molecule has 2 heterocycles. The third-order valence-corrected chi connectivity index (χ3v) is 4.27. The van der Waals surface area contributed by atoms with Crippen LogP contribution in [0.3, 0.4) is 0 Å². The molecule has 6 nitrogen and oxygen atoms in total. The molecule has 1 aliphatic rings. The molecular weight excluding hydrogens is 336 g/mol. The first-order valence-electron chi connectivity index (χ1n) is 7.26. The van der Waals surface area contributed by atoms with Crippen molar-refractivity contribution in [3.05, 3.63) is 16.0 Å². The maximum atomic E-state index is 5.86. The number of hydrogen-bond donors (Lipinski definition) is 1. The Bertz CT molecular complexity index is 471. The van der Waals surface area contributed by atoms with E-state index in [-0.39, 0.29) is 6.10 Å². The fourth-order valence-corrected chi connectivity index (χ4v) is 2.92. The fourth-order valence-electron chi connectivity index (χ4n) is 2.43. The van der Waals surface area contributed by atoms with Crippen LogP contribution < -0.4 is 5.32 Å². The van der Waals surface area contributed by atoms with E-state index in [1.807, 2.05) is 7.05 Å². The lowest BCUT2D eigenvalue weighted by molar-refractivity contribution is -0.0343. The third kappa shape index (κ3) is 4.12. The lowest BCUT2D eigenvalue weighted by atomic mass is 10.2. The van der Waals surface area contributed by atoms with Crippen molar-refractivity contribution in [3.8, 4) is 0 Å². The van der Waals surface area contributed by atoms with Crippen molar-refractivity contribution in [2.45, 2.75) is 26.1 Å². The van der Waals surface area contributed by atoms with E-state index < -0.39 is 0 Å². The minimum atomic E-state index is -0.0823. The van der Waals surface area contributed by atoms with Gasteiger partial charge in [0.25, 0.3) is 0 Å². The molecule has 1 atom stereocenters. The summed E-state index contributed by atoms with van der Waals surface area (Å²) in [6.45, 7) is 6.25. The second-order valence-corrected chi connectivity index (χ2v) is 5.83. The van der Waals surface area contributed by atoms with Gasteiger partial charge in [-0.2, -0.15) is 0 Å². The van der Waals surface area contributed by atoms with Gasteiger partial charge in [-0.1, -0.05) is 6.92 Å². The molecule has 0 aromatic carbocycles. The number of anilines is 1. The number of rotatable bonds is 6. The molecule has 0 radical (unpaired) electrons. The molecule has 1 aliphatic heterocycles. The van der Waals surface area contributed by atoms with Gasteiger partial charge in [-0.25, -0.2) is 9.97 Å². The maximum absolute atomic E-state index is 5.86. The van der Waals surface area contributed by atoms with Gasteiger partial charge in [0.2, 0.25) is 0 Å². The van der Waals surface area contributed by atoms with Crippen LogP contribution in [0.1, 0.15) is 31.0 Å². The zero-order chi connectivity index (χ0) is 15.2. The molecule has 1 aromatic heterocycles. The van der Waals surface area contributed by atoms with Crippen molar-refractivity contribution >= 4 is 21.7 Å². The maximum Gasteiger partial charge on any atom is 0.161 e. The van der Waals surface area contributed by atoms with Gasteiger partial charge >= 0.3 is 0 Å². The first-order chi connectivity index (χ1) is 10.2. The second kappa shape index (κ2) is 8.03. The van der Waals surface area contributed by atoms with Crippen LogP contribution in [0, 0.1) is 0 Å². The molecule has 2 rings (SSSR count). The molecule has 1 saturated heterocycles. The minimum absolute atomic E-state index is 0.0823. The summed E-state index contributed by atoms with van der Waals surface area (Å²) in [4.78, 5) is 11.6. The highest BCUT2D eigenvalue weighted by atomic mass is 79.9. The van der Waals surface area contributed by atoms with Crippen LogP contribution in [-0.2, 0) is 16.1 Å². The van der Waals surface area contributed by atoms with Gasteiger partial charge in [0.15, 0.2) is 5.82 Å². The largest absolute Gasteiger partial charge is 0.378 e. The molecule has 1 N–H and O–H groups in total. The number of methoxy groups -OCH3 is 1. The normalized spacial score (nSPS) is 19.7. The summed E-state index contributed by atoms with van der Waals surface area (Å²) >= 11 is 3.52. The van der Waals surface area contributed by atoms with Crippen LogP contribution in [0.2, 0.25) is 0 Å². The summed E-state index contributed by atoms with van der Waals surface area (Å²) in [5.74, 6) is 1.48. The van der Waals surface area contributed by atoms with Gasteiger partial charge in [0, 0.05) is 27.2 Å². The topological polar surface area (TPSA) is 59.5 Å². The predicted molar refractivity (Wildman–Crippen MR) is 85.4 cm³/mol. The number of morpholine rings is 1. The number of hydrogen-bond acceptors (Lipinski definition) is 6. The monoisotopic (exact) mass is 358 g/mol. The summed E-state index contributed by atoms with van der Waals surface area (Å²) in [6.07, 6.45) is 1.06. The Labute approximate surface area is 134 Å². The third-order valence-electron chi connectivity index (χ3n) is 3.43. The highest BCUT2D eigenvalue weighted by Gasteiger charge is 2.25. The minimum Gasteiger partial charge on any atom is -0.378 e. The van der Waals surface area contributed by atoms with E-state index in [9.17, 15) is 0 Å². The van der Waals surface area contributed by atoms with Crippen LogP contribution in [0.15, 0.2) is 4.47 Å².